The summed E-state index contributed by atoms with van der Waals surface area (Å²) in [5, 5.41) is 3.43. The summed E-state index contributed by atoms with van der Waals surface area (Å²) in [6, 6.07) is 7.76. The lowest BCUT2D eigenvalue weighted by atomic mass is 10.2. The van der Waals surface area contributed by atoms with Crippen molar-refractivity contribution < 1.29 is 9.47 Å². The van der Waals surface area contributed by atoms with Crippen LogP contribution >= 0.6 is 0 Å². The summed E-state index contributed by atoms with van der Waals surface area (Å²) in [7, 11) is 1.66. The second kappa shape index (κ2) is 8.81. The molecule has 3 heteroatoms. The van der Waals surface area contributed by atoms with Gasteiger partial charge in [0.15, 0.2) is 11.5 Å². The first-order valence-electron chi connectivity index (χ1n) is 6.70. The highest BCUT2D eigenvalue weighted by molar-refractivity contribution is 5.39. The van der Waals surface area contributed by atoms with Gasteiger partial charge in [-0.3, -0.25) is 0 Å². The highest BCUT2D eigenvalue weighted by atomic mass is 16.5. The van der Waals surface area contributed by atoms with E-state index in [1.165, 1.54) is 0 Å². The Morgan fingerprint density at radius 2 is 1.83 bits per heavy atom. The van der Waals surface area contributed by atoms with Crippen LogP contribution in [0.1, 0.15) is 26.7 Å². The van der Waals surface area contributed by atoms with E-state index in [1.807, 2.05) is 24.3 Å². The molecule has 1 aromatic carbocycles. The van der Waals surface area contributed by atoms with Gasteiger partial charge in [-0.1, -0.05) is 26.0 Å². The zero-order valence-electron chi connectivity index (χ0n) is 11.7. The molecular formula is C15H25NO2. The molecule has 0 aliphatic carbocycles. The van der Waals surface area contributed by atoms with Crippen LogP contribution in [0.5, 0.6) is 11.5 Å². The van der Waals surface area contributed by atoms with Gasteiger partial charge in [-0.15, -0.1) is 0 Å². The van der Waals surface area contributed by atoms with Crippen LogP contribution in [0.25, 0.3) is 0 Å². The molecule has 0 spiro atoms. The fourth-order valence-corrected chi connectivity index (χ4v) is 1.66. The van der Waals surface area contributed by atoms with Crippen LogP contribution < -0.4 is 14.8 Å². The molecule has 1 rings (SSSR count). The lowest BCUT2D eigenvalue weighted by Crippen LogP contribution is -2.21. The molecule has 0 unspecified atom stereocenters. The van der Waals surface area contributed by atoms with Crippen LogP contribution in [0, 0.1) is 5.92 Å². The third-order valence-electron chi connectivity index (χ3n) is 2.63. The number of nitrogens with one attached hydrogen (secondary N) is 1. The van der Waals surface area contributed by atoms with Crippen LogP contribution in [-0.2, 0) is 0 Å². The van der Waals surface area contributed by atoms with Crippen LogP contribution in [0.3, 0.4) is 0 Å². The summed E-state index contributed by atoms with van der Waals surface area (Å²) in [4.78, 5) is 0. The van der Waals surface area contributed by atoms with Gasteiger partial charge in [0.25, 0.3) is 0 Å². The molecule has 0 bridgehead atoms. The summed E-state index contributed by atoms with van der Waals surface area (Å²) < 4.78 is 10.9. The SMILES string of the molecule is COc1ccccc1OCCCCNCC(C)C. The van der Waals surface area contributed by atoms with Crippen molar-refractivity contribution in [3.63, 3.8) is 0 Å². The average molecular weight is 251 g/mol. The standard InChI is InChI=1S/C15H25NO2/c1-13(2)12-16-10-6-7-11-18-15-9-5-4-8-14(15)17-3/h4-5,8-9,13,16H,6-7,10-12H2,1-3H3. The predicted molar refractivity (Wildman–Crippen MR) is 75.4 cm³/mol. The Bertz CT molecular complexity index is 326. The molecule has 18 heavy (non-hydrogen) atoms. The maximum atomic E-state index is 5.70. The van der Waals surface area contributed by atoms with E-state index < -0.39 is 0 Å². The molecule has 0 amide bonds. The number of methoxy groups -OCH3 is 1. The molecule has 0 aromatic heterocycles. The Labute approximate surface area is 110 Å². The molecule has 0 aliphatic rings. The highest BCUT2D eigenvalue weighted by Crippen LogP contribution is 2.25. The van der Waals surface area contributed by atoms with E-state index in [-0.39, 0.29) is 0 Å². The van der Waals surface area contributed by atoms with Gasteiger partial charge in [0.2, 0.25) is 0 Å². The molecule has 1 N–H and O–H groups in total. The van der Waals surface area contributed by atoms with E-state index in [4.69, 9.17) is 9.47 Å². The molecule has 0 fully saturated rings. The Kier molecular flexibility index (Phi) is 7.26. The van der Waals surface area contributed by atoms with Crippen LogP contribution in [0.4, 0.5) is 0 Å². The number of para-hydroxylation sites is 2. The summed E-state index contributed by atoms with van der Waals surface area (Å²) in [5.74, 6) is 2.35. The second-order valence-electron chi connectivity index (χ2n) is 4.80. The zero-order valence-corrected chi connectivity index (χ0v) is 11.7. The number of rotatable bonds is 9. The molecule has 3 nitrogen and oxygen atoms in total. The Morgan fingerprint density at radius 1 is 1.11 bits per heavy atom. The zero-order chi connectivity index (χ0) is 13.2. The first kappa shape index (κ1) is 14.8. The smallest absolute Gasteiger partial charge is 0.161 e. The average Bonchev–Trinajstić information content (AvgIpc) is 2.37. The van der Waals surface area contributed by atoms with E-state index in [0.29, 0.717) is 0 Å². The van der Waals surface area contributed by atoms with Gasteiger partial charge >= 0.3 is 0 Å². The van der Waals surface area contributed by atoms with Gasteiger partial charge in [-0.2, -0.15) is 0 Å². The number of hydrogen-bond acceptors (Lipinski definition) is 3. The molecule has 1 aromatic rings. The minimum Gasteiger partial charge on any atom is -0.493 e. The minimum absolute atomic E-state index is 0.717. The van der Waals surface area contributed by atoms with Crippen molar-refractivity contribution in [2.24, 2.45) is 5.92 Å². The van der Waals surface area contributed by atoms with E-state index in [1.54, 1.807) is 7.11 Å². The van der Waals surface area contributed by atoms with Crippen molar-refractivity contribution in [3.05, 3.63) is 24.3 Å². The fourth-order valence-electron chi connectivity index (χ4n) is 1.66. The first-order valence-corrected chi connectivity index (χ1v) is 6.70. The molecule has 0 radical (unpaired) electrons. The number of ether oxygens (including phenoxy) is 2. The summed E-state index contributed by atoms with van der Waals surface area (Å²) in [6.07, 6.45) is 2.20. The minimum atomic E-state index is 0.717. The third-order valence-corrected chi connectivity index (χ3v) is 2.63. The fraction of sp³-hybridized carbons (Fsp3) is 0.600. The van der Waals surface area contributed by atoms with Gasteiger partial charge in [-0.25, -0.2) is 0 Å². The molecule has 0 aliphatic heterocycles. The lowest BCUT2D eigenvalue weighted by Gasteiger charge is -2.10. The van der Waals surface area contributed by atoms with Crippen molar-refractivity contribution in [3.8, 4) is 11.5 Å². The molecule has 0 saturated heterocycles. The summed E-state index contributed by atoms with van der Waals surface area (Å²) in [5.41, 5.74) is 0. The van der Waals surface area contributed by atoms with Crippen molar-refractivity contribution in [2.45, 2.75) is 26.7 Å². The molecule has 0 saturated carbocycles. The van der Waals surface area contributed by atoms with E-state index in [2.05, 4.69) is 19.2 Å². The van der Waals surface area contributed by atoms with Gasteiger partial charge in [-0.05, 0) is 44.0 Å². The highest BCUT2D eigenvalue weighted by Gasteiger charge is 2.01. The third kappa shape index (κ3) is 5.92. The summed E-state index contributed by atoms with van der Waals surface area (Å²) in [6.45, 7) is 7.33. The predicted octanol–water partition coefficient (Wildman–Crippen LogP) is 3.10. The van der Waals surface area contributed by atoms with Crippen LogP contribution in [0.15, 0.2) is 24.3 Å². The monoisotopic (exact) mass is 251 g/mol. The van der Waals surface area contributed by atoms with E-state index in [9.17, 15) is 0 Å². The topological polar surface area (TPSA) is 30.5 Å². The molecule has 0 heterocycles. The maximum Gasteiger partial charge on any atom is 0.161 e. The number of unbranched alkanes of at least 4 members (excludes halogenated alkanes) is 1. The van der Waals surface area contributed by atoms with E-state index in [0.717, 1.165) is 50.0 Å². The Morgan fingerprint density at radius 3 is 2.50 bits per heavy atom. The normalized spacial score (nSPS) is 10.7. The van der Waals surface area contributed by atoms with Crippen molar-refractivity contribution in [2.75, 3.05) is 26.8 Å². The van der Waals surface area contributed by atoms with E-state index >= 15 is 0 Å². The van der Waals surface area contributed by atoms with Crippen molar-refractivity contribution in [1.29, 1.82) is 0 Å². The quantitative estimate of drug-likeness (QED) is 0.684. The molecular weight excluding hydrogens is 226 g/mol. The second-order valence-corrected chi connectivity index (χ2v) is 4.80. The van der Waals surface area contributed by atoms with Crippen LogP contribution in [0.2, 0.25) is 0 Å². The Balaban J connectivity index is 2.10. The lowest BCUT2D eigenvalue weighted by molar-refractivity contribution is 0.285. The maximum absolute atomic E-state index is 5.70. The Hall–Kier alpha value is -1.22. The number of benzene rings is 1. The van der Waals surface area contributed by atoms with Gasteiger partial charge in [0.1, 0.15) is 0 Å². The van der Waals surface area contributed by atoms with Gasteiger partial charge < -0.3 is 14.8 Å². The molecule has 0 atom stereocenters. The number of hydrogen-bond donors (Lipinski definition) is 1. The molecule has 102 valence electrons. The van der Waals surface area contributed by atoms with Gasteiger partial charge in [0.05, 0.1) is 13.7 Å². The summed E-state index contributed by atoms with van der Waals surface area (Å²) >= 11 is 0. The van der Waals surface area contributed by atoms with Gasteiger partial charge in [0, 0.05) is 0 Å². The van der Waals surface area contributed by atoms with Crippen molar-refractivity contribution >= 4 is 0 Å². The largest absolute Gasteiger partial charge is 0.493 e. The van der Waals surface area contributed by atoms with Crippen LogP contribution in [-0.4, -0.2) is 26.8 Å². The van der Waals surface area contributed by atoms with Crippen molar-refractivity contribution in [1.82, 2.24) is 5.32 Å². The first-order chi connectivity index (χ1) is 8.74.